The van der Waals surface area contributed by atoms with E-state index in [1.807, 2.05) is 66.7 Å². The Balaban J connectivity index is 1.87. The third-order valence-electron chi connectivity index (χ3n) is 3.37. The van der Waals surface area contributed by atoms with Crippen molar-refractivity contribution >= 4 is 0 Å². The fourth-order valence-electron chi connectivity index (χ4n) is 2.26. The maximum atomic E-state index is 5.84. The van der Waals surface area contributed by atoms with Gasteiger partial charge in [-0.1, -0.05) is 37.4 Å². The van der Waals surface area contributed by atoms with Crippen LogP contribution in [0.15, 0.2) is 79.9 Å². The third kappa shape index (κ3) is 6.01. The van der Waals surface area contributed by atoms with Crippen LogP contribution >= 0.6 is 0 Å². The van der Waals surface area contributed by atoms with E-state index >= 15 is 0 Å². The predicted molar refractivity (Wildman–Crippen MR) is 94.4 cm³/mol. The van der Waals surface area contributed by atoms with E-state index in [0.717, 1.165) is 36.9 Å². The highest BCUT2D eigenvalue weighted by Gasteiger charge is 2.05. The fraction of sp³-hybridized carbons (Fsp3) is 0.200. The van der Waals surface area contributed by atoms with Crippen LogP contribution in [-0.2, 0) is 0 Å². The van der Waals surface area contributed by atoms with Crippen molar-refractivity contribution in [1.82, 2.24) is 0 Å². The predicted octanol–water partition coefficient (Wildman–Crippen LogP) is 3.11. The van der Waals surface area contributed by atoms with Crippen LogP contribution in [0.4, 0.5) is 0 Å². The molecule has 1 N–H and O–H groups in total. The SMILES string of the molecule is C=CC[NH+](CC=C)CCOc1cccc(Oc2ccccc2)c1. The van der Waals surface area contributed by atoms with Crippen LogP contribution in [0.1, 0.15) is 0 Å². The van der Waals surface area contributed by atoms with Crippen LogP contribution in [0.5, 0.6) is 17.2 Å². The van der Waals surface area contributed by atoms with Crippen molar-refractivity contribution in [2.75, 3.05) is 26.2 Å². The molecule has 0 saturated heterocycles. The largest absolute Gasteiger partial charge is 0.488 e. The number of benzene rings is 2. The summed E-state index contributed by atoms with van der Waals surface area (Å²) in [5, 5.41) is 0. The molecule has 0 spiro atoms. The second-order valence-corrected chi connectivity index (χ2v) is 5.22. The molecule has 0 bridgehead atoms. The molecule has 120 valence electrons. The molecule has 0 fully saturated rings. The molecule has 3 nitrogen and oxygen atoms in total. The summed E-state index contributed by atoms with van der Waals surface area (Å²) in [6, 6.07) is 17.4. The lowest BCUT2D eigenvalue weighted by Gasteiger charge is -2.16. The summed E-state index contributed by atoms with van der Waals surface area (Å²) in [6.45, 7) is 10.9. The molecule has 0 atom stereocenters. The highest BCUT2D eigenvalue weighted by molar-refractivity contribution is 5.36. The van der Waals surface area contributed by atoms with Crippen LogP contribution in [0, 0.1) is 0 Å². The van der Waals surface area contributed by atoms with Crippen molar-refractivity contribution in [1.29, 1.82) is 0 Å². The molecule has 0 radical (unpaired) electrons. The standard InChI is InChI=1S/C20H23NO2/c1-3-13-21(14-4-2)15-16-22-19-11-8-12-20(17-19)23-18-9-6-5-7-10-18/h3-12,17H,1-2,13-16H2/p+1. The van der Waals surface area contributed by atoms with Gasteiger partial charge in [0.1, 0.15) is 30.4 Å². The Morgan fingerprint density at radius 2 is 1.48 bits per heavy atom. The highest BCUT2D eigenvalue weighted by atomic mass is 16.5. The Morgan fingerprint density at radius 3 is 2.17 bits per heavy atom. The first-order valence-electron chi connectivity index (χ1n) is 7.83. The maximum absolute atomic E-state index is 5.84. The molecule has 3 heteroatoms. The average molecular weight is 310 g/mol. The Bertz CT molecular complexity index is 600. The minimum absolute atomic E-state index is 0.645. The normalized spacial score (nSPS) is 10.3. The van der Waals surface area contributed by atoms with Crippen molar-refractivity contribution in [3.05, 3.63) is 79.9 Å². The lowest BCUT2D eigenvalue weighted by Crippen LogP contribution is -3.12. The van der Waals surface area contributed by atoms with Gasteiger partial charge in [0.15, 0.2) is 0 Å². The molecular formula is C20H24NO2+. The van der Waals surface area contributed by atoms with Crippen molar-refractivity contribution in [2.45, 2.75) is 0 Å². The quantitative estimate of drug-likeness (QED) is 0.681. The van der Waals surface area contributed by atoms with Gasteiger partial charge in [0, 0.05) is 6.07 Å². The van der Waals surface area contributed by atoms with Crippen molar-refractivity contribution in [3.63, 3.8) is 0 Å². The first-order valence-corrected chi connectivity index (χ1v) is 7.83. The molecule has 23 heavy (non-hydrogen) atoms. The lowest BCUT2D eigenvalue weighted by molar-refractivity contribution is -0.888. The summed E-state index contributed by atoms with van der Waals surface area (Å²) < 4.78 is 11.6. The molecule has 2 aromatic carbocycles. The van der Waals surface area contributed by atoms with Gasteiger partial charge in [-0.25, -0.2) is 0 Å². The second-order valence-electron chi connectivity index (χ2n) is 5.22. The zero-order chi connectivity index (χ0) is 16.3. The van der Waals surface area contributed by atoms with Crippen LogP contribution in [0.3, 0.4) is 0 Å². The topological polar surface area (TPSA) is 22.9 Å². The minimum Gasteiger partial charge on any atom is -0.488 e. The van der Waals surface area contributed by atoms with E-state index in [2.05, 4.69) is 13.2 Å². The zero-order valence-corrected chi connectivity index (χ0v) is 13.4. The number of quaternary nitrogens is 1. The van der Waals surface area contributed by atoms with E-state index in [1.54, 1.807) is 0 Å². The summed E-state index contributed by atoms with van der Waals surface area (Å²) in [5.41, 5.74) is 0. The summed E-state index contributed by atoms with van der Waals surface area (Å²) in [4.78, 5) is 1.38. The molecule has 0 amide bonds. The number of rotatable bonds is 10. The Kier molecular flexibility index (Phi) is 6.95. The monoisotopic (exact) mass is 310 g/mol. The molecule has 0 aliphatic rings. The van der Waals surface area contributed by atoms with E-state index in [-0.39, 0.29) is 0 Å². The number of hydrogen-bond acceptors (Lipinski definition) is 2. The first-order chi connectivity index (χ1) is 11.3. The second kappa shape index (κ2) is 9.49. The van der Waals surface area contributed by atoms with Gasteiger partial charge in [-0.15, -0.1) is 0 Å². The molecule has 0 aliphatic heterocycles. The zero-order valence-electron chi connectivity index (χ0n) is 13.4. The van der Waals surface area contributed by atoms with E-state index in [9.17, 15) is 0 Å². The number of para-hydroxylation sites is 1. The smallest absolute Gasteiger partial charge is 0.137 e. The summed E-state index contributed by atoms with van der Waals surface area (Å²) in [6.07, 6.45) is 3.85. The van der Waals surface area contributed by atoms with Gasteiger partial charge in [0.2, 0.25) is 0 Å². The number of nitrogens with one attached hydrogen (secondary N) is 1. The van der Waals surface area contributed by atoms with E-state index in [4.69, 9.17) is 9.47 Å². The Morgan fingerprint density at radius 1 is 0.826 bits per heavy atom. The van der Waals surface area contributed by atoms with E-state index < -0.39 is 0 Å². The van der Waals surface area contributed by atoms with Gasteiger partial charge in [0.05, 0.1) is 13.1 Å². The summed E-state index contributed by atoms with van der Waals surface area (Å²) in [5.74, 6) is 2.40. The van der Waals surface area contributed by atoms with Crippen molar-refractivity contribution < 1.29 is 14.4 Å². The van der Waals surface area contributed by atoms with Crippen LogP contribution in [-0.4, -0.2) is 26.2 Å². The molecule has 0 aromatic heterocycles. The third-order valence-corrected chi connectivity index (χ3v) is 3.37. The van der Waals surface area contributed by atoms with E-state index in [0.29, 0.717) is 6.61 Å². The van der Waals surface area contributed by atoms with E-state index in [1.165, 1.54) is 4.90 Å². The fourth-order valence-corrected chi connectivity index (χ4v) is 2.26. The molecule has 0 unspecified atom stereocenters. The van der Waals surface area contributed by atoms with Crippen LogP contribution in [0.2, 0.25) is 0 Å². The molecule has 0 saturated carbocycles. The molecule has 0 heterocycles. The van der Waals surface area contributed by atoms with Crippen LogP contribution < -0.4 is 14.4 Å². The summed E-state index contributed by atoms with van der Waals surface area (Å²) in [7, 11) is 0. The summed E-state index contributed by atoms with van der Waals surface area (Å²) >= 11 is 0. The first kappa shape index (κ1) is 16.8. The van der Waals surface area contributed by atoms with Crippen molar-refractivity contribution in [3.8, 4) is 17.2 Å². The van der Waals surface area contributed by atoms with Gasteiger partial charge in [-0.2, -0.15) is 0 Å². The molecule has 2 rings (SSSR count). The lowest BCUT2D eigenvalue weighted by atomic mass is 10.3. The van der Waals surface area contributed by atoms with Gasteiger partial charge in [-0.05, 0) is 36.4 Å². The minimum atomic E-state index is 0.645. The Hall–Kier alpha value is -2.52. The van der Waals surface area contributed by atoms with Crippen molar-refractivity contribution in [2.24, 2.45) is 0 Å². The molecular weight excluding hydrogens is 286 g/mol. The Labute approximate surface area is 138 Å². The van der Waals surface area contributed by atoms with Gasteiger partial charge >= 0.3 is 0 Å². The van der Waals surface area contributed by atoms with Gasteiger partial charge in [0.25, 0.3) is 0 Å². The number of hydrogen-bond donors (Lipinski definition) is 1. The molecule has 2 aromatic rings. The highest BCUT2D eigenvalue weighted by Crippen LogP contribution is 2.24. The van der Waals surface area contributed by atoms with Crippen LogP contribution in [0.25, 0.3) is 0 Å². The van der Waals surface area contributed by atoms with Gasteiger partial charge in [-0.3, -0.25) is 0 Å². The number of ether oxygens (including phenoxy) is 2. The van der Waals surface area contributed by atoms with Gasteiger partial charge < -0.3 is 14.4 Å². The molecule has 0 aliphatic carbocycles. The maximum Gasteiger partial charge on any atom is 0.137 e. The average Bonchev–Trinajstić information content (AvgIpc) is 2.57.